The summed E-state index contributed by atoms with van der Waals surface area (Å²) in [5.41, 5.74) is 0. The lowest BCUT2D eigenvalue weighted by Gasteiger charge is -1.98. The Morgan fingerprint density at radius 3 is 2.75 bits per heavy atom. The molecule has 0 atom stereocenters. The van der Waals surface area contributed by atoms with Gasteiger partial charge >= 0.3 is 0 Å². The van der Waals surface area contributed by atoms with Crippen molar-refractivity contribution in [3.05, 3.63) is 24.3 Å². The number of rotatable bonds is 2. The van der Waals surface area contributed by atoms with Crippen LogP contribution in [0.2, 0.25) is 0 Å². The third-order valence-corrected chi connectivity index (χ3v) is 2.78. The molecule has 0 fully saturated rings. The fourth-order valence-corrected chi connectivity index (χ4v) is 1.71. The largest absolute Gasteiger partial charge is 0.295 e. The van der Waals surface area contributed by atoms with Gasteiger partial charge in [-0.15, -0.1) is 11.8 Å². The number of hydrogen-bond donors (Lipinski definition) is 1. The Bertz CT molecular complexity index is 370. The minimum atomic E-state index is -4.10. The monoisotopic (exact) mass is 203 g/mol. The van der Waals surface area contributed by atoms with E-state index in [2.05, 4.69) is 6.07 Å². The molecule has 65 valence electrons. The van der Waals surface area contributed by atoms with E-state index in [-0.39, 0.29) is 4.90 Å². The first-order valence-corrected chi connectivity index (χ1v) is 5.74. The molecule has 12 heavy (non-hydrogen) atoms. The van der Waals surface area contributed by atoms with Gasteiger partial charge in [-0.05, 0) is 18.4 Å². The smallest absolute Gasteiger partial charge is 0.282 e. The molecule has 0 aliphatic heterocycles. The zero-order valence-electron chi connectivity index (χ0n) is 6.31. The second-order valence-electron chi connectivity index (χ2n) is 2.07. The highest BCUT2D eigenvalue weighted by atomic mass is 32.2. The Labute approximate surface area is 75.5 Å². The van der Waals surface area contributed by atoms with E-state index < -0.39 is 10.1 Å². The number of thioether (sulfide) groups is 1. The SMILES string of the molecule is CSc1cc[c]c(S(=O)(=O)O)c1. The van der Waals surface area contributed by atoms with Crippen LogP contribution in [-0.4, -0.2) is 19.2 Å². The van der Waals surface area contributed by atoms with Crippen LogP contribution in [0.1, 0.15) is 0 Å². The standard InChI is InChI=1S/C7H7O3S2/c1-11-6-3-2-4-7(5-6)12(8,9)10/h2-3,5H,1H3,(H,8,9,10). The highest BCUT2D eigenvalue weighted by molar-refractivity contribution is 7.98. The third-order valence-electron chi connectivity index (χ3n) is 1.26. The van der Waals surface area contributed by atoms with E-state index >= 15 is 0 Å². The van der Waals surface area contributed by atoms with Gasteiger partial charge in [0.15, 0.2) is 0 Å². The Morgan fingerprint density at radius 1 is 1.58 bits per heavy atom. The molecule has 1 radical (unpaired) electrons. The molecule has 0 saturated carbocycles. The van der Waals surface area contributed by atoms with Crippen molar-refractivity contribution in [2.75, 3.05) is 6.26 Å². The maximum absolute atomic E-state index is 10.6. The van der Waals surface area contributed by atoms with Crippen LogP contribution >= 0.6 is 11.8 Å². The van der Waals surface area contributed by atoms with Gasteiger partial charge in [0.05, 0.1) is 0 Å². The number of hydrogen-bond acceptors (Lipinski definition) is 3. The van der Waals surface area contributed by atoms with Crippen LogP contribution in [0.4, 0.5) is 0 Å². The maximum atomic E-state index is 10.6. The lowest BCUT2D eigenvalue weighted by molar-refractivity contribution is 0.483. The van der Waals surface area contributed by atoms with Gasteiger partial charge in [-0.3, -0.25) is 4.55 Å². The van der Waals surface area contributed by atoms with Crippen molar-refractivity contribution < 1.29 is 13.0 Å². The van der Waals surface area contributed by atoms with Gasteiger partial charge in [-0.2, -0.15) is 8.42 Å². The van der Waals surface area contributed by atoms with Crippen LogP contribution in [0, 0.1) is 6.07 Å². The summed E-state index contributed by atoms with van der Waals surface area (Å²) in [5.74, 6) is 0. The van der Waals surface area contributed by atoms with Gasteiger partial charge in [0, 0.05) is 11.0 Å². The van der Waals surface area contributed by atoms with E-state index in [1.54, 1.807) is 6.07 Å². The van der Waals surface area contributed by atoms with Gasteiger partial charge in [-0.25, -0.2) is 0 Å². The van der Waals surface area contributed by atoms with Crippen LogP contribution < -0.4 is 0 Å². The Balaban J connectivity index is 3.20. The Kier molecular flexibility index (Phi) is 2.76. The first-order chi connectivity index (χ1) is 5.54. The molecule has 1 N–H and O–H groups in total. The zero-order chi connectivity index (χ0) is 9.19. The highest BCUT2D eigenvalue weighted by Crippen LogP contribution is 2.17. The molecule has 1 rings (SSSR count). The van der Waals surface area contributed by atoms with Crippen LogP contribution in [0.3, 0.4) is 0 Å². The predicted octanol–water partition coefficient (Wildman–Crippen LogP) is 1.46. The van der Waals surface area contributed by atoms with Gasteiger partial charge in [0.1, 0.15) is 4.90 Å². The van der Waals surface area contributed by atoms with Gasteiger partial charge in [0.25, 0.3) is 10.1 Å². The summed E-state index contributed by atoms with van der Waals surface area (Å²) in [5, 5.41) is 0. The van der Waals surface area contributed by atoms with Crippen molar-refractivity contribution in [2.45, 2.75) is 9.79 Å². The summed E-state index contributed by atoms with van der Waals surface area (Å²) >= 11 is 1.40. The predicted molar refractivity (Wildman–Crippen MR) is 46.9 cm³/mol. The van der Waals surface area contributed by atoms with Crippen molar-refractivity contribution >= 4 is 21.9 Å². The van der Waals surface area contributed by atoms with E-state index in [0.717, 1.165) is 4.90 Å². The molecule has 0 amide bonds. The van der Waals surface area contributed by atoms with Crippen LogP contribution in [0.15, 0.2) is 28.0 Å². The topological polar surface area (TPSA) is 54.4 Å². The molecule has 0 bridgehead atoms. The number of benzene rings is 1. The average molecular weight is 203 g/mol. The molecule has 0 saturated heterocycles. The van der Waals surface area contributed by atoms with E-state index in [0.29, 0.717) is 0 Å². The second kappa shape index (κ2) is 3.47. The zero-order valence-corrected chi connectivity index (χ0v) is 7.95. The molecule has 0 aliphatic rings. The summed E-state index contributed by atoms with van der Waals surface area (Å²) in [6.45, 7) is 0. The van der Waals surface area contributed by atoms with Crippen molar-refractivity contribution in [1.29, 1.82) is 0 Å². The maximum Gasteiger partial charge on any atom is 0.295 e. The van der Waals surface area contributed by atoms with Crippen molar-refractivity contribution in [3.8, 4) is 0 Å². The summed E-state index contributed by atoms with van der Waals surface area (Å²) in [7, 11) is -4.10. The fourth-order valence-electron chi connectivity index (χ4n) is 0.701. The molecule has 0 aromatic heterocycles. The second-order valence-corrected chi connectivity index (χ2v) is 4.34. The molecule has 1 aromatic carbocycles. The highest BCUT2D eigenvalue weighted by Gasteiger charge is 2.09. The Morgan fingerprint density at radius 2 is 2.25 bits per heavy atom. The van der Waals surface area contributed by atoms with Crippen LogP contribution in [-0.2, 0) is 10.1 Å². The van der Waals surface area contributed by atoms with E-state index in [9.17, 15) is 8.42 Å². The normalized spacial score (nSPS) is 11.5. The van der Waals surface area contributed by atoms with Gasteiger partial charge < -0.3 is 0 Å². The molecular formula is C7H7O3S2. The van der Waals surface area contributed by atoms with Crippen LogP contribution in [0.25, 0.3) is 0 Å². The van der Waals surface area contributed by atoms with E-state index in [1.807, 2.05) is 6.26 Å². The molecule has 0 heterocycles. The van der Waals surface area contributed by atoms with E-state index in [1.165, 1.54) is 23.9 Å². The van der Waals surface area contributed by atoms with Crippen molar-refractivity contribution in [3.63, 3.8) is 0 Å². The van der Waals surface area contributed by atoms with Crippen molar-refractivity contribution in [2.24, 2.45) is 0 Å². The van der Waals surface area contributed by atoms with Crippen LogP contribution in [0.5, 0.6) is 0 Å². The fraction of sp³-hybridized carbons (Fsp3) is 0.143. The molecule has 0 spiro atoms. The van der Waals surface area contributed by atoms with Gasteiger partial charge in [0.2, 0.25) is 0 Å². The quantitative estimate of drug-likeness (QED) is 0.584. The lowest BCUT2D eigenvalue weighted by atomic mass is 10.4. The summed E-state index contributed by atoms with van der Waals surface area (Å²) in [6.07, 6.45) is 1.82. The Hall–Kier alpha value is -0.520. The molecule has 1 aromatic rings. The molecule has 0 aliphatic carbocycles. The summed E-state index contributed by atoms with van der Waals surface area (Å²) in [4.78, 5) is 0.593. The lowest BCUT2D eigenvalue weighted by Crippen LogP contribution is -1.97. The molecule has 3 nitrogen and oxygen atoms in total. The molecule has 5 heteroatoms. The molecular weight excluding hydrogens is 196 g/mol. The first-order valence-electron chi connectivity index (χ1n) is 3.07. The summed E-state index contributed by atoms with van der Waals surface area (Å²) in [6, 6.07) is 7.00. The van der Waals surface area contributed by atoms with E-state index in [4.69, 9.17) is 4.55 Å². The molecule has 0 unspecified atom stereocenters. The third kappa shape index (κ3) is 2.23. The van der Waals surface area contributed by atoms with Gasteiger partial charge in [-0.1, -0.05) is 6.07 Å². The van der Waals surface area contributed by atoms with Crippen molar-refractivity contribution in [1.82, 2.24) is 0 Å². The average Bonchev–Trinajstić information content (AvgIpc) is 2.03. The minimum Gasteiger partial charge on any atom is -0.282 e. The summed E-state index contributed by atoms with van der Waals surface area (Å²) < 4.78 is 29.9. The minimum absolute atomic E-state index is 0.186. The first kappa shape index (κ1) is 9.57.